The van der Waals surface area contributed by atoms with Crippen molar-refractivity contribution in [3.63, 3.8) is 0 Å². The first-order valence-electron chi connectivity index (χ1n) is 10.3. The Balaban J connectivity index is 1.55. The number of carbonyl (C=O) groups excluding carboxylic acids is 1. The molecular formula is C27H20N2O. The summed E-state index contributed by atoms with van der Waals surface area (Å²) < 4.78 is 2.34. The van der Waals surface area contributed by atoms with Gasteiger partial charge < -0.3 is 9.47 Å². The quantitative estimate of drug-likeness (QED) is 0.339. The van der Waals surface area contributed by atoms with Gasteiger partial charge in [0.05, 0.1) is 11.0 Å². The van der Waals surface area contributed by atoms with Crippen LogP contribution in [-0.2, 0) is 6.42 Å². The number of nitrogens with zero attached hydrogens (tertiary/aromatic N) is 2. The summed E-state index contributed by atoms with van der Waals surface area (Å²) in [6, 6.07) is 31.9. The van der Waals surface area contributed by atoms with Crippen molar-refractivity contribution in [1.82, 2.24) is 4.57 Å². The van der Waals surface area contributed by atoms with Crippen LogP contribution >= 0.6 is 0 Å². The summed E-state index contributed by atoms with van der Waals surface area (Å²) in [5.74, 6) is 0. The molecule has 1 aliphatic heterocycles. The summed E-state index contributed by atoms with van der Waals surface area (Å²) in [4.78, 5) is 13.5. The monoisotopic (exact) mass is 388 g/mol. The van der Waals surface area contributed by atoms with E-state index in [1.807, 2.05) is 12.1 Å². The van der Waals surface area contributed by atoms with Gasteiger partial charge in [0.2, 0.25) is 0 Å². The van der Waals surface area contributed by atoms with Crippen molar-refractivity contribution in [3.05, 3.63) is 102 Å². The number of aromatic nitrogens is 1. The lowest BCUT2D eigenvalue weighted by atomic mass is 10.1. The van der Waals surface area contributed by atoms with E-state index in [0.717, 1.165) is 24.8 Å². The molecule has 4 aromatic carbocycles. The Morgan fingerprint density at radius 2 is 1.50 bits per heavy atom. The summed E-state index contributed by atoms with van der Waals surface area (Å²) in [7, 11) is 0. The average molecular weight is 388 g/mol. The van der Waals surface area contributed by atoms with Gasteiger partial charge in [0.1, 0.15) is 6.29 Å². The van der Waals surface area contributed by atoms with Gasteiger partial charge in [-0.3, -0.25) is 4.79 Å². The first-order chi connectivity index (χ1) is 14.8. The molecule has 0 unspecified atom stereocenters. The molecule has 0 amide bonds. The van der Waals surface area contributed by atoms with E-state index in [2.05, 4.69) is 88.3 Å². The van der Waals surface area contributed by atoms with Crippen LogP contribution in [-0.4, -0.2) is 17.4 Å². The number of benzene rings is 4. The highest BCUT2D eigenvalue weighted by molar-refractivity contribution is 6.10. The Hall–Kier alpha value is -3.85. The Kier molecular flexibility index (Phi) is 3.75. The second-order valence-electron chi connectivity index (χ2n) is 7.80. The fraction of sp³-hybridized carbons (Fsp3) is 0.0741. The number of fused-ring (bicyclic) bond motifs is 4. The SMILES string of the molecule is O=Cc1ccc2c(c1)CCN2c1ccc2c(c1)c1ccccc1n2-c1ccccc1. The lowest BCUT2D eigenvalue weighted by Gasteiger charge is -2.20. The predicted molar refractivity (Wildman–Crippen MR) is 123 cm³/mol. The molecule has 3 heteroatoms. The average Bonchev–Trinajstić information content (AvgIpc) is 3.38. The minimum absolute atomic E-state index is 0.747. The fourth-order valence-corrected chi connectivity index (χ4v) is 4.75. The molecule has 0 aliphatic carbocycles. The number of para-hydroxylation sites is 2. The first kappa shape index (κ1) is 17.0. The van der Waals surface area contributed by atoms with Gasteiger partial charge >= 0.3 is 0 Å². The summed E-state index contributed by atoms with van der Waals surface area (Å²) in [6.07, 6.45) is 1.88. The highest BCUT2D eigenvalue weighted by Crippen LogP contribution is 2.39. The third-order valence-corrected chi connectivity index (χ3v) is 6.12. The van der Waals surface area contributed by atoms with Crippen LogP contribution in [0.2, 0.25) is 0 Å². The topological polar surface area (TPSA) is 25.2 Å². The van der Waals surface area contributed by atoms with Crippen molar-refractivity contribution in [3.8, 4) is 5.69 Å². The molecule has 0 atom stereocenters. The molecule has 6 rings (SSSR count). The second kappa shape index (κ2) is 6.60. The molecule has 1 aromatic heterocycles. The Morgan fingerprint density at radius 3 is 2.37 bits per heavy atom. The highest BCUT2D eigenvalue weighted by Gasteiger charge is 2.22. The molecule has 144 valence electrons. The van der Waals surface area contributed by atoms with Crippen LogP contribution in [0, 0.1) is 0 Å². The number of hydrogen-bond donors (Lipinski definition) is 0. The molecule has 0 saturated carbocycles. The van der Waals surface area contributed by atoms with Gasteiger partial charge in [-0.15, -0.1) is 0 Å². The van der Waals surface area contributed by atoms with Crippen molar-refractivity contribution in [2.75, 3.05) is 11.4 Å². The van der Waals surface area contributed by atoms with Crippen molar-refractivity contribution in [2.45, 2.75) is 6.42 Å². The number of aldehydes is 1. The van der Waals surface area contributed by atoms with Crippen LogP contribution in [0.3, 0.4) is 0 Å². The van der Waals surface area contributed by atoms with Gasteiger partial charge in [-0.2, -0.15) is 0 Å². The van der Waals surface area contributed by atoms with Crippen molar-refractivity contribution < 1.29 is 4.79 Å². The molecule has 0 N–H and O–H groups in total. The maximum atomic E-state index is 11.1. The van der Waals surface area contributed by atoms with Crippen molar-refractivity contribution in [1.29, 1.82) is 0 Å². The van der Waals surface area contributed by atoms with Gasteiger partial charge in [-0.1, -0.05) is 36.4 Å². The molecule has 1 aliphatic rings. The Bertz CT molecular complexity index is 1420. The molecule has 0 radical (unpaired) electrons. The minimum atomic E-state index is 0.747. The fourth-order valence-electron chi connectivity index (χ4n) is 4.75. The molecular weight excluding hydrogens is 368 g/mol. The largest absolute Gasteiger partial charge is 0.341 e. The van der Waals surface area contributed by atoms with Crippen LogP contribution in [0.5, 0.6) is 0 Å². The molecule has 0 fully saturated rings. The smallest absolute Gasteiger partial charge is 0.150 e. The van der Waals surface area contributed by atoms with Gasteiger partial charge in [-0.25, -0.2) is 0 Å². The predicted octanol–water partition coefficient (Wildman–Crippen LogP) is 6.29. The Morgan fingerprint density at radius 1 is 0.700 bits per heavy atom. The highest BCUT2D eigenvalue weighted by atomic mass is 16.1. The van der Waals surface area contributed by atoms with Crippen LogP contribution < -0.4 is 4.90 Å². The number of anilines is 2. The van der Waals surface area contributed by atoms with Crippen LogP contribution in [0.4, 0.5) is 11.4 Å². The van der Waals surface area contributed by atoms with Crippen molar-refractivity contribution >= 4 is 39.5 Å². The first-order valence-corrected chi connectivity index (χ1v) is 10.3. The Labute approximate surface area is 174 Å². The zero-order valence-corrected chi connectivity index (χ0v) is 16.5. The van der Waals surface area contributed by atoms with E-state index in [4.69, 9.17) is 0 Å². The lowest BCUT2D eigenvalue weighted by molar-refractivity contribution is 0.112. The zero-order chi connectivity index (χ0) is 20.1. The summed E-state index contributed by atoms with van der Waals surface area (Å²) in [5.41, 5.74) is 7.98. The number of carbonyl (C=O) groups is 1. The van der Waals surface area contributed by atoms with E-state index in [1.165, 1.54) is 44.4 Å². The molecule has 5 aromatic rings. The van der Waals surface area contributed by atoms with Crippen LogP contribution in [0.1, 0.15) is 15.9 Å². The maximum Gasteiger partial charge on any atom is 0.150 e. The van der Waals surface area contributed by atoms with E-state index >= 15 is 0 Å². The van der Waals surface area contributed by atoms with Gasteiger partial charge in [0.15, 0.2) is 0 Å². The van der Waals surface area contributed by atoms with E-state index in [0.29, 0.717) is 0 Å². The maximum absolute atomic E-state index is 11.1. The third-order valence-electron chi connectivity index (χ3n) is 6.12. The third kappa shape index (κ3) is 2.49. The zero-order valence-electron chi connectivity index (χ0n) is 16.5. The number of hydrogen-bond acceptors (Lipinski definition) is 2. The summed E-state index contributed by atoms with van der Waals surface area (Å²) in [6.45, 7) is 0.931. The van der Waals surface area contributed by atoms with Crippen LogP contribution in [0.25, 0.3) is 27.5 Å². The minimum Gasteiger partial charge on any atom is -0.341 e. The van der Waals surface area contributed by atoms with Crippen LogP contribution in [0.15, 0.2) is 91.0 Å². The molecule has 0 saturated heterocycles. The molecule has 0 spiro atoms. The molecule has 2 heterocycles. The number of rotatable bonds is 3. The summed E-state index contributed by atoms with van der Waals surface area (Å²) >= 11 is 0. The van der Waals surface area contributed by atoms with E-state index in [1.54, 1.807) is 0 Å². The normalized spacial score (nSPS) is 13.1. The van der Waals surface area contributed by atoms with E-state index in [9.17, 15) is 4.79 Å². The van der Waals surface area contributed by atoms with E-state index < -0.39 is 0 Å². The van der Waals surface area contributed by atoms with Gasteiger partial charge in [0, 0.05) is 39.9 Å². The molecule has 30 heavy (non-hydrogen) atoms. The molecule has 3 nitrogen and oxygen atoms in total. The van der Waals surface area contributed by atoms with Gasteiger partial charge in [-0.05, 0) is 66.6 Å². The van der Waals surface area contributed by atoms with E-state index in [-0.39, 0.29) is 0 Å². The van der Waals surface area contributed by atoms with Crippen molar-refractivity contribution in [2.24, 2.45) is 0 Å². The summed E-state index contributed by atoms with van der Waals surface area (Å²) in [5, 5.41) is 2.51. The standard InChI is InChI=1S/C27H20N2O/c30-18-19-10-12-25-20(16-19)14-15-28(25)22-11-13-27-24(17-22)23-8-4-5-9-26(23)29(27)21-6-2-1-3-7-21/h1-13,16-18H,14-15H2. The molecule has 0 bridgehead atoms. The second-order valence-corrected chi connectivity index (χ2v) is 7.80. The lowest BCUT2D eigenvalue weighted by Crippen LogP contribution is -2.13. The van der Waals surface area contributed by atoms with Gasteiger partial charge in [0.25, 0.3) is 0 Å².